The van der Waals surface area contributed by atoms with E-state index >= 15 is 0 Å². The van der Waals surface area contributed by atoms with Gasteiger partial charge in [-0.05, 0) is 32.2 Å². The van der Waals surface area contributed by atoms with E-state index in [1.165, 1.54) is 37.8 Å². The summed E-state index contributed by atoms with van der Waals surface area (Å²) in [6, 6.07) is 13.4. The Kier molecular flexibility index (Phi) is 3.56. The zero-order valence-corrected chi connectivity index (χ0v) is 9.45. The van der Waals surface area contributed by atoms with Crippen LogP contribution in [0.15, 0.2) is 24.3 Å². The average molecular weight is 193 g/mol. The summed E-state index contributed by atoms with van der Waals surface area (Å²) < 4.78 is 0. The van der Waals surface area contributed by atoms with Gasteiger partial charge in [-0.1, -0.05) is 0 Å². The van der Waals surface area contributed by atoms with Gasteiger partial charge in [0.05, 0.1) is 0 Å². The molecule has 0 spiro atoms. The van der Waals surface area contributed by atoms with E-state index in [-0.39, 0.29) is 18.9 Å². The summed E-state index contributed by atoms with van der Waals surface area (Å²) in [6.07, 6.45) is 5.55. The fraction of sp³-hybridized carbons (Fsp3) is 0.538. The first-order valence-corrected chi connectivity index (χ1v) is 5.67. The van der Waals surface area contributed by atoms with E-state index in [4.69, 9.17) is 0 Å². The van der Waals surface area contributed by atoms with Crippen LogP contribution in [0.1, 0.15) is 37.3 Å². The molecule has 0 amide bonds. The molecule has 2 heterocycles. The molecule has 3 rings (SSSR count). The molecule has 1 aromatic carbocycles. The third-order valence-electron chi connectivity index (χ3n) is 3.69. The molecule has 74 valence electrons. The molecule has 1 aromatic rings. The van der Waals surface area contributed by atoms with Gasteiger partial charge in [0.25, 0.3) is 0 Å². The van der Waals surface area contributed by atoms with Crippen LogP contribution < -0.4 is 18.9 Å². The SMILES string of the molecule is [Li+].[c-]1ccccc1C1CCC2CCCN21. The molecule has 2 atom stereocenters. The predicted octanol–water partition coefficient (Wildman–Crippen LogP) is -0.210. The first-order chi connectivity index (χ1) is 6.95. The van der Waals surface area contributed by atoms with Crippen molar-refractivity contribution in [1.82, 2.24) is 4.90 Å². The Bertz CT molecular complexity index is 312. The van der Waals surface area contributed by atoms with Crippen LogP contribution in [-0.4, -0.2) is 17.5 Å². The van der Waals surface area contributed by atoms with Crippen molar-refractivity contribution in [2.45, 2.75) is 37.8 Å². The Morgan fingerprint density at radius 2 is 2.13 bits per heavy atom. The first-order valence-electron chi connectivity index (χ1n) is 5.67. The molecular formula is C13H16LiN. The molecular weight excluding hydrogens is 177 g/mol. The summed E-state index contributed by atoms with van der Waals surface area (Å²) in [7, 11) is 0. The van der Waals surface area contributed by atoms with Crippen LogP contribution >= 0.6 is 0 Å². The van der Waals surface area contributed by atoms with Gasteiger partial charge >= 0.3 is 18.9 Å². The van der Waals surface area contributed by atoms with E-state index in [9.17, 15) is 0 Å². The second kappa shape index (κ2) is 4.74. The Hall–Kier alpha value is -0.223. The maximum atomic E-state index is 3.38. The van der Waals surface area contributed by atoms with Crippen LogP contribution in [0, 0.1) is 6.07 Å². The van der Waals surface area contributed by atoms with Gasteiger partial charge in [-0.25, -0.2) is 0 Å². The Morgan fingerprint density at radius 1 is 1.20 bits per heavy atom. The largest absolute Gasteiger partial charge is 1.00 e. The van der Waals surface area contributed by atoms with E-state index in [2.05, 4.69) is 29.2 Å². The minimum absolute atomic E-state index is 0. The molecule has 0 saturated carbocycles. The molecule has 0 radical (unpaired) electrons. The van der Waals surface area contributed by atoms with E-state index < -0.39 is 0 Å². The third kappa shape index (κ3) is 2.02. The van der Waals surface area contributed by atoms with Crippen LogP contribution in [0.25, 0.3) is 0 Å². The fourth-order valence-electron chi connectivity index (χ4n) is 3.04. The average Bonchev–Trinajstić information content (AvgIpc) is 2.79. The van der Waals surface area contributed by atoms with Gasteiger partial charge < -0.3 is 0 Å². The van der Waals surface area contributed by atoms with Gasteiger partial charge in [-0.15, -0.1) is 5.56 Å². The smallest absolute Gasteiger partial charge is 0.295 e. The maximum Gasteiger partial charge on any atom is 1.00 e. The number of nitrogens with zero attached hydrogens (tertiary/aromatic N) is 1. The summed E-state index contributed by atoms with van der Waals surface area (Å²) in [6.45, 7) is 1.30. The van der Waals surface area contributed by atoms with Crippen LogP contribution in [0.5, 0.6) is 0 Å². The van der Waals surface area contributed by atoms with Crippen molar-refractivity contribution in [2.24, 2.45) is 0 Å². The zero-order chi connectivity index (χ0) is 9.38. The van der Waals surface area contributed by atoms with Crippen molar-refractivity contribution in [3.63, 3.8) is 0 Å². The van der Waals surface area contributed by atoms with E-state index in [1.807, 2.05) is 6.07 Å². The second-order valence-electron chi connectivity index (χ2n) is 4.44. The summed E-state index contributed by atoms with van der Waals surface area (Å²) in [4.78, 5) is 2.69. The number of benzene rings is 1. The van der Waals surface area contributed by atoms with Crippen molar-refractivity contribution in [3.05, 3.63) is 35.9 Å². The molecule has 2 heteroatoms. The predicted molar refractivity (Wildman–Crippen MR) is 57.0 cm³/mol. The van der Waals surface area contributed by atoms with Crippen LogP contribution in [0.4, 0.5) is 0 Å². The fourth-order valence-corrected chi connectivity index (χ4v) is 3.04. The summed E-state index contributed by atoms with van der Waals surface area (Å²) in [5.74, 6) is 0. The van der Waals surface area contributed by atoms with Crippen LogP contribution in [-0.2, 0) is 0 Å². The van der Waals surface area contributed by atoms with Crippen molar-refractivity contribution < 1.29 is 18.9 Å². The topological polar surface area (TPSA) is 3.24 Å². The minimum Gasteiger partial charge on any atom is -0.295 e. The standard InChI is InChI=1S/C13H16N.Li/c1-2-5-11(6-3-1)13-9-8-12-7-4-10-14(12)13;/h1-3,5,12-13H,4,7-10H2;/q-1;+1. The van der Waals surface area contributed by atoms with Gasteiger partial charge in [0.15, 0.2) is 0 Å². The monoisotopic (exact) mass is 193 g/mol. The van der Waals surface area contributed by atoms with Crippen molar-refractivity contribution >= 4 is 0 Å². The minimum atomic E-state index is 0. The van der Waals surface area contributed by atoms with Gasteiger partial charge in [0.1, 0.15) is 0 Å². The Balaban J connectivity index is 0.000000853. The quantitative estimate of drug-likeness (QED) is 0.440. The molecule has 0 aliphatic carbocycles. The molecule has 1 nitrogen and oxygen atoms in total. The number of fused-ring (bicyclic) bond motifs is 1. The summed E-state index contributed by atoms with van der Waals surface area (Å²) in [5.41, 5.74) is 1.40. The normalized spacial score (nSPS) is 29.9. The van der Waals surface area contributed by atoms with Crippen molar-refractivity contribution in [3.8, 4) is 0 Å². The van der Waals surface area contributed by atoms with Crippen molar-refractivity contribution in [2.75, 3.05) is 6.54 Å². The van der Waals surface area contributed by atoms with Gasteiger partial charge in [-0.3, -0.25) is 4.90 Å². The number of hydrogen-bond donors (Lipinski definition) is 0. The molecule has 2 fully saturated rings. The molecule has 0 aromatic heterocycles. The molecule has 2 unspecified atom stereocenters. The maximum absolute atomic E-state index is 3.38. The van der Waals surface area contributed by atoms with E-state index in [1.54, 1.807) is 0 Å². The van der Waals surface area contributed by atoms with Gasteiger partial charge in [0.2, 0.25) is 0 Å². The number of rotatable bonds is 1. The van der Waals surface area contributed by atoms with Gasteiger partial charge in [0, 0.05) is 12.1 Å². The zero-order valence-electron chi connectivity index (χ0n) is 9.45. The molecule has 2 saturated heterocycles. The second-order valence-corrected chi connectivity index (χ2v) is 4.44. The summed E-state index contributed by atoms with van der Waals surface area (Å²) in [5, 5.41) is 0. The first kappa shape index (κ1) is 11.3. The van der Waals surface area contributed by atoms with Crippen molar-refractivity contribution in [1.29, 1.82) is 0 Å². The summed E-state index contributed by atoms with van der Waals surface area (Å²) >= 11 is 0. The van der Waals surface area contributed by atoms with Crippen LogP contribution in [0.3, 0.4) is 0 Å². The van der Waals surface area contributed by atoms with E-state index in [0.29, 0.717) is 6.04 Å². The molecule has 2 aliphatic heterocycles. The molecule has 0 bridgehead atoms. The van der Waals surface area contributed by atoms with E-state index in [0.717, 1.165) is 6.04 Å². The Labute approximate surface area is 104 Å². The molecule has 0 N–H and O–H groups in total. The third-order valence-corrected chi connectivity index (χ3v) is 3.69. The molecule has 2 aliphatic rings. The Morgan fingerprint density at radius 3 is 2.93 bits per heavy atom. The van der Waals surface area contributed by atoms with Crippen LogP contribution in [0.2, 0.25) is 0 Å². The number of hydrogen-bond acceptors (Lipinski definition) is 1. The van der Waals surface area contributed by atoms with Gasteiger partial charge in [-0.2, -0.15) is 30.3 Å². The molecule has 15 heavy (non-hydrogen) atoms.